The van der Waals surface area contributed by atoms with Crippen LogP contribution in [0.3, 0.4) is 0 Å². The van der Waals surface area contributed by atoms with E-state index >= 15 is 0 Å². The molecule has 1 aliphatic heterocycles. The van der Waals surface area contributed by atoms with Crippen molar-refractivity contribution in [1.29, 1.82) is 0 Å². The summed E-state index contributed by atoms with van der Waals surface area (Å²) in [5, 5.41) is 3.68. The Morgan fingerprint density at radius 1 is 1.19 bits per heavy atom. The van der Waals surface area contributed by atoms with Crippen molar-refractivity contribution in [3.05, 3.63) is 76.9 Å². The smallest absolute Gasteiger partial charge is 0.258 e. The van der Waals surface area contributed by atoms with Crippen LogP contribution in [0.25, 0.3) is 0 Å². The third kappa shape index (κ3) is 3.46. The molecule has 27 heavy (non-hydrogen) atoms. The third-order valence-electron chi connectivity index (χ3n) is 4.56. The molecule has 6 heteroatoms. The van der Waals surface area contributed by atoms with Crippen LogP contribution in [0.1, 0.15) is 15.9 Å². The van der Waals surface area contributed by atoms with Crippen molar-refractivity contribution < 1.29 is 9.53 Å². The number of amides is 1. The Kier molecular flexibility index (Phi) is 4.69. The number of pyridine rings is 1. The van der Waals surface area contributed by atoms with E-state index in [0.717, 1.165) is 17.8 Å². The van der Waals surface area contributed by atoms with Gasteiger partial charge in [-0.1, -0.05) is 29.8 Å². The molecule has 2 aromatic carbocycles. The van der Waals surface area contributed by atoms with E-state index in [9.17, 15) is 4.79 Å². The van der Waals surface area contributed by atoms with E-state index in [2.05, 4.69) is 16.4 Å². The van der Waals surface area contributed by atoms with E-state index in [1.807, 2.05) is 29.2 Å². The van der Waals surface area contributed by atoms with Crippen molar-refractivity contribution in [2.75, 3.05) is 23.9 Å². The molecule has 1 N–H and O–H groups in total. The van der Waals surface area contributed by atoms with Gasteiger partial charge in [-0.3, -0.25) is 4.79 Å². The minimum absolute atomic E-state index is 0.0295. The number of rotatable bonds is 4. The van der Waals surface area contributed by atoms with Gasteiger partial charge in [0.2, 0.25) is 0 Å². The van der Waals surface area contributed by atoms with E-state index in [1.165, 1.54) is 5.56 Å². The molecule has 136 valence electrons. The van der Waals surface area contributed by atoms with Crippen molar-refractivity contribution in [3.8, 4) is 5.75 Å². The molecule has 0 aliphatic carbocycles. The second kappa shape index (κ2) is 7.29. The van der Waals surface area contributed by atoms with Gasteiger partial charge in [0.25, 0.3) is 5.91 Å². The van der Waals surface area contributed by atoms with Crippen molar-refractivity contribution in [3.63, 3.8) is 0 Å². The number of halogens is 1. The summed E-state index contributed by atoms with van der Waals surface area (Å²) in [5.41, 5.74) is 3.54. The van der Waals surface area contributed by atoms with Gasteiger partial charge in [-0.05, 0) is 48.4 Å². The fraction of sp³-hybridized carbons (Fsp3) is 0.143. The molecule has 4 rings (SSSR count). The first kappa shape index (κ1) is 17.4. The zero-order valence-electron chi connectivity index (χ0n) is 14.8. The third-order valence-corrected chi connectivity index (χ3v) is 4.86. The molecule has 0 atom stereocenters. The van der Waals surface area contributed by atoms with Crippen molar-refractivity contribution in [2.45, 2.75) is 6.42 Å². The SMILES string of the molecule is COc1ccc(Nc2cc(C(=O)N3CCc4ccccc43)ccn2)cc1Cl. The van der Waals surface area contributed by atoms with E-state index < -0.39 is 0 Å². The molecule has 3 aromatic rings. The number of methoxy groups -OCH3 is 1. The van der Waals surface area contributed by atoms with E-state index in [4.69, 9.17) is 16.3 Å². The van der Waals surface area contributed by atoms with Crippen LogP contribution in [-0.2, 0) is 6.42 Å². The van der Waals surface area contributed by atoms with E-state index in [1.54, 1.807) is 37.6 Å². The summed E-state index contributed by atoms with van der Waals surface area (Å²) in [4.78, 5) is 19.1. The first-order valence-corrected chi connectivity index (χ1v) is 9.00. The van der Waals surface area contributed by atoms with Crippen molar-refractivity contribution in [1.82, 2.24) is 4.98 Å². The van der Waals surface area contributed by atoms with Crippen LogP contribution >= 0.6 is 11.6 Å². The number of nitrogens with one attached hydrogen (secondary N) is 1. The summed E-state index contributed by atoms with van der Waals surface area (Å²) >= 11 is 6.17. The number of ether oxygens (including phenoxy) is 1. The quantitative estimate of drug-likeness (QED) is 0.714. The summed E-state index contributed by atoms with van der Waals surface area (Å²) in [5.74, 6) is 1.15. The first-order valence-electron chi connectivity index (χ1n) is 8.62. The second-order valence-corrected chi connectivity index (χ2v) is 6.65. The fourth-order valence-corrected chi connectivity index (χ4v) is 3.49. The largest absolute Gasteiger partial charge is 0.495 e. The monoisotopic (exact) mass is 379 g/mol. The lowest BCUT2D eigenvalue weighted by Crippen LogP contribution is -2.28. The molecular formula is C21H18ClN3O2. The summed E-state index contributed by atoms with van der Waals surface area (Å²) in [6.07, 6.45) is 2.51. The highest BCUT2D eigenvalue weighted by Crippen LogP contribution is 2.30. The Hall–Kier alpha value is -3.05. The summed E-state index contributed by atoms with van der Waals surface area (Å²) in [7, 11) is 1.57. The number of aromatic nitrogens is 1. The predicted molar refractivity (Wildman–Crippen MR) is 107 cm³/mol. The van der Waals surface area contributed by atoms with E-state index in [-0.39, 0.29) is 5.91 Å². The highest BCUT2D eigenvalue weighted by molar-refractivity contribution is 6.32. The van der Waals surface area contributed by atoms with Crippen LogP contribution in [0.4, 0.5) is 17.2 Å². The molecular weight excluding hydrogens is 362 g/mol. The average molecular weight is 380 g/mol. The summed E-state index contributed by atoms with van der Waals surface area (Å²) < 4.78 is 5.16. The number of fused-ring (bicyclic) bond motifs is 1. The molecule has 5 nitrogen and oxygen atoms in total. The number of anilines is 3. The lowest BCUT2D eigenvalue weighted by molar-refractivity contribution is 0.0989. The zero-order valence-corrected chi connectivity index (χ0v) is 15.5. The molecule has 1 aliphatic rings. The van der Waals surface area contributed by atoms with Crippen LogP contribution in [0.15, 0.2) is 60.8 Å². The number of hydrogen-bond donors (Lipinski definition) is 1. The van der Waals surface area contributed by atoms with Gasteiger partial charge in [-0.25, -0.2) is 4.98 Å². The van der Waals surface area contributed by atoms with E-state index in [0.29, 0.717) is 28.7 Å². The Labute approximate surface area is 162 Å². The number of hydrogen-bond acceptors (Lipinski definition) is 4. The number of nitrogens with zero attached hydrogens (tertiary/aromatic N) is 2. The van der Waals surface area contributed by atoms with Gasteiger partial charge in [0, 0.05) is 29.7 Å². The Bertz CT molecular complexity index is 1010. The number of para-hydroxylation sites is 1. The Morgan fingerprint density at radius 2 is 2.04 bits per heavy atom. The number of carbonyl (C=O) groups is 1. The van der Waals surface area contributed by atoms with Gasteiger partial charge in [0.05, 0.1) is 12.1 Å². The summed E-state index contributed by atoms with van der Waals surface area (Å²) in [6.45, 7) is 0.692. The lowest BCUT2D eigenvalue weighted by atomic mass is 10.1. The maximum Gasteiger partial charge on any atom is 0.258 e. The normalized spacial score (nSPS) is 12.6. The molecule has 2 heterocycles. The standard InChI is InChI=1S/C21H18ClN3O2/c1-27-19-7-6-16(13-17(19)22)24-20-12-15(8-10-23-20)21(26)25-11-9-14-4-2-3-5-18(14)25/h2-8,10,12-13H,9,11H2,1H3,(H,23,24). The Balaban J connectivity index is 1.56. The van der Waals surface area contributed by atoms with Gasteiger partial charge in [-0.2, -0.15) is 0 Å². The summed E-state index contributed by atoms with van der Waals surface area (Å²) in [6, 6.07) is 16.9. The minimum Gasteiger partial charge on any atom is -0.495 e. The lowest BCUT2D eigenvalue weighted by Gasteiger charge is -2.17. The van der Waals surface area contributed by atoms with Crippen LogP contribution in [0, 0.1) is 0 Å². The van der Waals surface area contributed by atoms with Gasteiger partial charge in [0.1, 0.15) is 11.6 Å². The highest BCUT2D eigenvalue weighted by atomic mass is 35.5. The molecule has 0 bridgehead atoms. The Morgan fingerprint density at radius 3 is 2.85 bits per heavy atom. The van der Waals surface area contributed by atoms with Gasteiger partial charge >= 0.3 is 0 Å². The second-order valence-electron chi connectivity index (χ2n) is 6.24. The first-order chi connectivity index (χ1) is 13.2. The molecule has 0 radical (unpaired) electrons. The maximum atomic E-state index is 13.0. The highest BCUT2D eigenvalue weighted by Gasteiger charge is 2.25. The molecule has 0 spiro atoms. The van der Waals surface area contributed by atoms with Crippen LogP contribution < -0.4 is 15.0 Å². The molecule has 1 amide bonds. The predicted octanol–water partition coefficient (Wildman–Crippen LogP) is 4.69. The molecule has 0 fully saturated rings. The number of benzene rings is 2. The van der Waals surface area contributed by atoms with Gasteiger partial charge < -0.3 is 15.0 Å². The molecule has 0 saturated heterocycles. The van der Waals surface area contributed by atoms with Gasteiger partial charge in [-0.15, -0.1) is 0 Å². The molecule has 1 aromatic heterocycles. The number of carbonyl (C=O) groups excluding carboxylic acids is 1. The topological polar surface area (TPSA) is 54.5 Å². The average Bonchev–Trinajstić information content (AvgIpc) is 3.12. The zero-order chi connectivity index (χ0) is 18.8. The maximum absolute atomic E-state index is 13.0. The van der Waals surface area contributed by atoms with Crippen molar-refractivity contribution >= 4 is 34.7 Å². The van der Waals surface area contributed by atoms with Crippen LogP contribution in [-0.4, -0.2) is 24.5 Å². The molecule has 0 saturated carbocycles. The van der Waals surface area contributed by atoms with Gasteiger partial charge in [0.15, 0.2) is 0 Å². The van der Waals surface area contributed by atoms with Crippen molar-refractivity contribution in [2.24, 2.45) is 0 Å². The molecule has 0 unspecified atom stereocenters. The van der Waals surface area contributed by atoms with Crippen LogP contribution in [0.2, 0.25) is 5.02 Å². The fourth-order valence-electron chi connectivity index (χ4n) is 3.23. The van der Waals surface area contributed by atoms with Crippen LogP contribution in [0.5, 0.6) is 5.75 Å². The minimum atomic E-state index is -0.0295.